The van der Waals surface area contributed by atoms with Crippen LogP contribution < -0.4 is 5.32 Å². The molecule has 1 aromatic heterocycles. The average Bonchev–Trinajstić information content (AvgIpc) is 3.40. The molecule has 0 radical (unpaired) electrons. The quantitative estimate of drug-likeness (QED) is 0.912. The van der Waals surface area contributed by atoms with Crippen molar-refractivity contribution in [1.29, 1.82) is 0 Å². The molecule has 2 heterocycles. The van der Waals surface area contributed by atoms with Gasteiger partial charge in [-0.2, -0.15) is 0 Å². The standard InChI is InChI=1S/C19H21FN4O2/c1-13(18(25)24-8-9-26-19(11-24)6-7-19)23-17-10-16(21-12-22-17)14-2-4-15(20)5-3-14/h2-5,10,12-13H,6-9,11H2,1H3,(H,21,22,23)/t13-/m1/s1. The molecule has 2 aromatic rings. The summed E-state index contributed by atoms with van der Waals surface area (Å²) < 4.78 is 18.8. The molecular formula is C19H21FN4O2. The fourth-order valence-electron chi connectivity index (χ4n) is 3.25. The molecule has 1 saturated heterocycles. The fraction of sp³-hybridized carbons (Fsp3) is 0.421. The van der Waals surface area contributed by atoms with Gasteiger partial charge in [-0.15, -0.1) is 0 Å². The van der Waals surface area contributed by atoms with Crippen LogP contribution in [0, 0.1) is 5.82 Å². The number of hydrogen-bond donors (Lipinski definition) is 1. The molecule has 1 spiro atoms. The van der Waals surface area contributed by atoms with Gasteiger partial charge in [0.25, 0.3) is 0 Å². The maximum absolute atomic E-state index is 13.1. The monoisotopic (exact) mass is 356 g/mol. The molecule has 1 atom stereocenters. The topological polar surface area (TPSA) is 67.4 Å². The molecule has 136 valence electrons. The van der Waals surface area contributed by atoms with Gasteiger partial charge in [0, 0.05) is 24.7 Å². The second-order valence-corrected chi connectivity index (χ2v) is 6.95. The molecule has 7 heteroatoms. The number of carbonyl (C=O) groups is 1. The maximum atomic E-state index is 13.1. The summed E-state index contributed by atoms with van der Waals surface area (Å²) in [5, 5.41) is 3.15. The van der Waals surface area contributed by atoms with Crippen molar-refractivity contribution in [3.63, 3.8) is 0 Å². The summed E-state index contributed by atoms with van der Waals surface area (Å²) in [5.74, 6) is 0.315. The first-order valence-electron chi connectivity index (χ1n) is 8.82. The lowest BCUT2D eigenvalue weighted by atomic mass is 10.1. The van der Waals surface area contributed by atoms with Crippen LogP contribution in [0.3, 0.4) is 0 Å². The number of rotatable bonds is 4. The summed E-state index contributed by atoms with van der Waals surface area (Å²) in [7, 11) is 0. The average molecular weight is 356 g/mol. The lowest BCUT2D eigenvalue weighted by Crippen LogP contribution is -2.51. The van der Waals surface area contributed by atoms with E-state index in [0.717, 1.165) is 18.4 Å². The number of ether oxygens (including phenoxy) is 1. The van der Waals surface area contributed by atoms with Gasteiger partial charge in [-0.1, -0.05) is 0 Å². The summed E-state index contributed by atoms with van der Waals surface area (Å²) in [6, 6.07) is 7.47. The summed E-state index contributed by atoms with van der Waals surface area (Å²) in [4.78, 5) is 23.0. The number of benzene rings is 1. The second-order valence-electron chi connectivity index (χ2n) is 6.95. The predicted octanol–water partition coefficient (Wildman–Crippen LogP) is 2.47. The Morgan fingerprint density at radius 2 is 2.08 bits per heavy atom. The Bertz CT molecular complexity index is 807. The molecule has 2 aliphatic rings. The van der Waals surface area contributed by atoms with Crippen LogP contribution in [-0.4, -0.2) is 52.1 Å². The molecule has 6 nitrogen and oxygen atoms in total. The molecular weight excluding hydrogens is 335 g/mol. The smallest absolute Gasteiger partial charge is 0.244 e. The lowest BCUT2D eigenvalue weighted by Gasteiger charge is -2.34. The summed E-state index contributed by atoms with van der Waals surface area (Å²) >= 11 is 0. The molecule has 1 aromatic carbocycles. The first-order valence-corrected chi connectivity index (χ1v) is 8.82. The number of morpholine rings is 1. The number of halogens is 1. The fourth-order valence-corrected chi connectivity index (χ4v) is 3.25. The number of amides is 1. The number of carbonyl (C=O) groups excluding carboxylic acids is 1. The van der Waals surface area contributed by atoms with Crippen LogP contribution in [0.5, 0.6) is 0 Å². The van der Waals surface area contributed by atoms with Gasteiger partial charge in [0.15, 0.2) is 0 Å². The highest BCUT2D eigenvalue weighted by atomic mass is 19.1. The van der Waals surface area contributed by atoms with Crippen LogP contribution in [-0.2, 0) is 9.53 Å². The van der Waals surface area contributed by atoms with E-state index in [1.165, 1.54) is 18.5 Å². The molecule has 1 aliphatic carbocycles. The minimum absolute atomic E-state index is 0.0431. The van der Waals surface area contributed by atoms with Crippen molar-refractivity contribution in [3.05, 3.63) is 42.5 Å². The Balaban J connectivity index is 1.44. The van der Waals surface area contributed by atoms with E-state index < -0.39 is 6.04 Å². The zero-order valence-corrected chi connectivity index (χ0v) is 14.6. The number of nitrogens with zero attached hydrogens (tertiary/aromatic N) is 3. The third-order valence-electron chi connectivity index (χ3n) is 4.91. The van der Waals surface area contributed by atoms with Crippen molar-refractivity contribution in [2.75, 3.05) is 25.0 Å². The van der Waals surface area contributed by atoms with Gasteiger partial charge in [-0.25, -0.2) is 14.4 Å². The Labute approximate surface area is 151 Å². The number of nitrogens with one attached hydrogen (secondary N) is 1. The van der Waals surface area contributed by atoms with Crippen LogP contribution in [0.25, 0.3) is 11.3 Å². The molecule has 4 rings (SSSR count). The highest BCUT2D eigenvalue weighted by Crippen LogP contribution is 2.42. The summed E-state index contributed by atoms with van der Waals surface area (Å²) in [6.07, 6.45) is 3.50. The summed E-state index contributed by atoms with van der Waals surface area (Å²) in [6.45, 7) is 3.72. The van der Waals surface area contributed by atoms with Crippen LogP contribution in [0.15, 0.2) is 36.7 Å². The van der Waals surface area contributed by atoms with Gasteiger partial charge in [-0.05, 0) is 44.0 Å². The molecule has 0 bridgehead atoms. The van der Waals surface area contributed by atoms with Crippen LogP contribution in [0.2, 0.25) is 0 Å². The van der Waals surface area contributed by atoms with Crippen molar-refractivity contribution in [2.45, 2.75) is 31.4 Å². The van der Waals surface area contributed by atoms with Gasteiger partial charge in [0.1, 0.15) is 24.0 Å². The Morgan fingerprint density at radius 1 is 1.31 bits per heavy atom. The molecule has 1 aliphatic heterocycles. The van der Waals surface area contributed by atoms with Gasteiger partial charge in [0.05, 0.1) is 17.9 Å². The zero-order valence-electron chi connectivity index (χ0n) is 14.6. The van der Waals surface area contributed by atoms with E-state index >= 15 is 0 Å². The Kier molecular flexibility index (Phi) is 4.32. The molecule has 0 unspecified atom stereocenters. The number of hydrogen-bond acceptors (Lipinski definition) is 5. The molecule has 1 saturated carbocycles. The van der Waals surface area contributed by atoms with E-state index in [1.807, 2.05) is 11.8 Å². The minimum Gasteiger partial charge on any atom is -0.371 e. The second kappa shape index (κ2) is 6.64. The highest BCUT2D eigenvalue weighted by Gasteiger charge is 2.48. The molecule has 26 heavy (non-hydrogen) atoms. The largest absolute Gasteiger partial charge is 0.371 e. The van der Waals surface area contributed by atoms with Gasteiger partial charge in [-0.3, -0.25) is 4.79 Å². The molecule has 1 amide bonds. The van der Waals surface area contributed by atoms with E-state index in [0.29, 0.717) is 31.2 Å². The minimum atomic E-state index is -0.403. The van der Waals surface area contributed by atoms with Gasteiger partial charge < -0.3 is 15.0 Å². The van der Waals surface area contributed by atoms with E-state index in [4.69, 9.17) is 4.74 Å². The van der Waals surface area contributed by atoms with Crippen LogP contribution >= 0.6 is 0 Å². The SMILES string of the molecule is C[C@@H](Nc1cc(-c2ccc(F)cc2)ncn1)C(=O)N1CCOC2(CC2)C1. The Hall–Kier alpha value is -2.54. The third-order valence-corrected chi connectivity index (χ3v) is 4.91. The van der Waals surface area contributed by atoms with Crippen LogP contribution in [0.4, 0.5) is 10.2 Å². The predicted molar refractivity (Wildman–Crippen MR) is 95.0 cm³/mol. The number of aromatic nitrogens is 2. The van der Waals surface area contributed by atoms with Crippen LogP contribution in [0.1, 0.15) is 19.8 Å². The molecule has 1 N–H and O–H groups in total. The lowest BCUT2D eigenvalue weighted by molar-refractivity contribution is -0.140. The van der Waals surface area contributed by atoms with E-state index in [9.17, 15) is 9.18 Å². The Morgan fingerprint density at radius 3 is 2.81 bits per heavy atom. The third kappa shape index (κ3) is 3.53. The van der Waals surface area contributed by atoms with Crippen molar-refractivity contribution < 1.29 is 13.9 Å². The van der Waals surface area contributed by atoms with Crippen molar-refractivity contribution in [1.82, 2.24) is 14.9 Å². The number of anilines is 1. The van der Waals surface area contributed by atoms with E-state index in [-0.39, 0.29) is 17.3 Å². The zero-order chi connectivity index (χ0) is 18.1. The van der Waals surface area contributed by atoms with Gasteiger partial charge >= 0.3 is 0 Å². The highest BCUT2D eigenvalue weighted by molar-refractivity contribution is 5.84. The van der Waals surface area contributed by atoms with E-state index in [1.54, 1.807) is 18.2 Å². The first kappa shape index (κ1) is 16.9. The first-order chi connectivity index (χ1) is 12.5. The van der Waals surface area contributed by atoms with Crippen molar-refractivity contribution in [2.24, 2.45) is 0 Å². The van der Waals surface area contributed by atoms with Gasteiger partial charge in [0.2, 0.25) is 5.91 Å². The van der Waals surface area contributed by atoms with Crippen molar-refractivity contribution >= 4 is 11.7 Å². The van der Waals surface area contributed by atoms with E-state index in [2.05, 4.69) is 15.3 Å². The summed E-state index contributed by atoms with van der Waals surface area (Å²) in [5.41, 5.74) is 1.38. The molecule has 2 fully saturated rings. The maximum Gasteiger partial charge on any atom is 0.244 e. The normalized spacial score (nSPS) is 19.2. The van der Waals surface area contributed by atoms with Crippen molar-refractivity contribution in [3.8, 4) is 11.3 Å².